The van der Waals surface area contributed by atoms with Crippen molar-refractivity contribution in [2.24, 2.45) is 0 Å². The van der Waals surface area contributed by atoms with Crippen molar-refractivity contribution >= 4 is 34.2 Å². The standard InChI is InChI=1S/C13H15Cl2NO/c1-13(2,3)16-7-9-6-10-11(15)4-8(14)5-12(10)17-9/h4-6,16H,7H2,1-3H3. The van der Waals surface area contributed by atoms with Gasteiger partial charge in [0.15, 0.2) is 0 Å². The van der Waals surface area contributed by atoms with Crippen LogP contribution < -0.4 is 5.32 Å². The van der Waals surface area contributed by atoms with Crippen molar-refractivity contribution in [3.8, 4) is 0 Å². The van der Waals surface area contributed by atoms with Crippen LogP contribution in [0, 0.1) is 0 Å². The van der Waals surface area contributed by atoms with Gasteiger partial charge in [-0.05, 0) is 32.9 Å². The Morgan fingerprint density at radius 3 is 2.53 bits per heavy atom. The van der Waals surface area contributed by atoms with E-state index in [0.717, 1.165) is 16.7 Å². The molecule has 1 N–H and O–H groups in total. The zero-order valence-electron chi connectivity index (χ0n) is 10.1. The Balaban J connectivity index is 2.29. The lowest BCUT2D eigenvalue weighted by Crippen LogP contribution is -2.34. The van der Waals surface area contributed by atoms with Crippen molar-refractivity contribution in [2.75, 3.05) is 0 Å². The van der Waals surface area contributed by atoms with E-state index in [-0.39, 0.29) is 5.54 Å². The maximum absolute atomic E-state index is 6.10. The van der Waals surface area contributed by atoms with Gasteiger partial charge in [0.2, 0.25) is 0 Å². The van der Waals surface area contributed by atoms with Gasteiger partial charge >= 0.3 is 0 Å². The van der Waals surface area contributed by atoms with E-state index in [1.54, 1.807) is 12.1 Å². The molecule has 0 aliphatic rings. The Kier molecular flexibility index (Phi) is 3.39. The molecule has 4 heteroatoms. The molecular weight excluding hydrogens is 257 g/mol. The fourth-order valence-corrected chi connectivity index (χ4v) is 2.09. The fraction of sp³-hybridized carbons (Fsp3) is 0.385. The number of furan rings is 1. The highest BCUT2D eigenvalue weighted by molar-refractivity contribution is 6.38. The van der Waals surface area contributed by atoms with Gasteiger partial charge in [-0.15, -0.1) is 0 Å². The molecule has 0 radical (unpaired) electrons. The third-order valence-electron chi connectivity index (χ3n) is 2.40. The summed E-state index contributed by atoms with van der Waals surface area (Å²) in [5, 5.41) is 5.48. The lowest BCUT2D eigenvalue weighted by Gasteiger charge is -2.19. The summed E-state index contributed by atoms with van der Waals surface area (Å²) >= 11 is 12.0. The van der Waals surface area contributed by atoms with Gasteiger partial charge in [0, 0.05) is 22.0 Å². The molecule has 2 nitrogen and oxygen atoms in total. The van der Waals surface area contributed by atoms with Gasteiger partial charge in [-0.25, -0.2) is 0 Å². The summed E-state index contributed by atoms with van der Waals surface area (Å²) in [5.74, 6) is 0.860. The van der Waals surface area contributed by atoms with Crippen molar-refractivity contribution < 1.29 is 4.42 Å². The largest absolute Gasteiger partial charge is 0.460 e. The fourth-order valence-electron chi connectivity index (χ4n) is 1.56. The van der Waals surface area contributed by atoms with E-state index in [0.29, 0.717) is 16.6 Å². The molecule has 1 heterocycles. The molecule has 2 aromatic rings. The average Bonchev–Trinajstić information content (AvgIpc) is 2.56. The zero-order chi connectivity index (χ0) is 12.6. The van der Waals surface area contributed by atoms with Crippen molar-refractivity contribution in [2.45, 2.75) is 32.9 Å². The summed E-state index contributed by atoms with van der Waals surface area (Å²) in [5.41, 5.74) is 0.786. The summed E-state index contributed by atoms with van der Waals surface area (Å²) in [6.45, 7) is 7.00. The Bertz CT molecular complexity index is 540. The number of rotatable bonds is 2. The Morgan fingerprint density at radius 2 is 1.88 bits per heavy atom. The molecule has 0 aliphatic heterocycles. The van der Waals surface area contributed by atoms with E-state index in [9.17, 15) is 0 Å². The minimum Gasteiger partial charge on any atom is -0.460 e. The summed E-state index contributed by atoms with van der Waals surface area (Å²) in [4.78, 5) is 0. The van der Waals surface area contributed by atoms with Crippen LogP contribution in [0.5, 0.6) is 0 Å². The van der Waals surface area contributed by atoms with Gasteiger partial charge in [0.05, 0.1) is 11.6 Å². The van der Waals surface area contributed by atoms with Crippen LogP contribution in [0.2, 0.25) is 10.0 Å². The molecule has 92 valence electrons. The molecule has 0 fully saturated rings. The van der Waals surface area contributed by atoms with Gasteiger partial charge in [-0.3, -0.25) is 0 Å². The quantitative estimate of drug-likeness (QED) is 0.862. The number of halogens is 2. The third-order valence-corrected chi connectivity index (χ3v) is 2.93. The molecular formula is C13H15Cl2NO. The topological polar surface area (TPSA) is 25.2 Å². The van der Waals surface area contributed by atoms with E-state index in [1.165, 1.54) is 0 Å². The number of hydrogen-bond donors (Lipinski definition) is 1. The Hall–Kier alpha value is -0.700. The second-order valence-electron chi connectivity index (χ2n) is 5.12. The molecule has 0 atom stereocenters. The van der Waals surface area contributed by atoms with E-state index >= 15 is 0 Å². The first-order chi connectivity index (χ1) is 7.85. The first-order valence-electron chi connectivity index (χ1n) is 5.48. The lowest BCUT2D eigenvalue weighted by molar-refractivity contribution is 0.395. The van der Waals surface area contributed by atoms with Gasteiger partial charge in [0.1, 0.15) is 11.3 Å². The molecule has 0 saturated heterocycles. The van der Waals surface area contributed by atoms with Crippen LogP contribution in [0.15, 0.2) is 22.6 Å². The van der Waals surface area contributed by atoms with Crippen LogP contribution in [0.25, 0.3) is 11.0 Å². The van der Waals surface area contributed by atoms with Crippen molar-refractivity contribution in [3.63, 3.8) is 0 Å². The molecule has 0 amide bonds. The molecule has 2 rings (SSSR count). The van der Waals surface area contributed by atoms with Crippen molar-refractivity contribution in [1.29, 1.82) is 0 Å². The first kappa shape index (κ1) is 12.7. The van der Waals surface area contributed by atoms with Crippen LogP contribution >= 0.6 is 23.2 Å². The molecule has 0 aliphatic carbocycles. The third kappa shape index (κ3) is 3.15. The van der Waals surface area contributed by atoms with E-state index in [4.69, 9.17) is 27.6 Å². The van der Waals surface area contributed by atoms with Gasteiger partial charge in [-0.2, -0.15) is 0 Å². The van der Waals surface area contributed by atoms with Crippen LogP contribution in [0.4, 0.5) is 0 Å². The monoisotopic (exact) mass is 271 g/mol. The van der Waals surface area contributed by atoms with Gasteiger partial charge in [0.25, 0.3) is 0 Å². The number of benzene rings is 1. The molecule has 0 spiro atoms. The van der Waals surface area contributed by atoms with Gasteiger partial charge < -0.3 is 9.73 Å². The van der Waals surface area contributed by atoms with E-state index < -0.39 is 0 Å². The second kappa shape index (κ2) is 4.52. The van der Waals surface area contributed by atoms with E-state index in [2.05, 4.69) is 26.1 Å². The molecule has 0 bridgehead atoms. The predicted octanol–water partition coefficient (Wildman–Crippen LogP) is 4.63. The average molecular weight is 272 g/mol. The van der Waals surface area contributed by atoms with Gasteiger partial charge in [-0.1, -0.05) is 23.2 Å². The second-order valence-corrected chi connectivity index (χ2v) is 5.96. The molecule has 1 aromatic heterocycles. The van der Waals surface area contributed by atoms with Crippen LogP contribution in [-0.4, -0.2) is 5.54 Å². The highest BCUT2D eigenvalue weighted by Gasteiger charge is 2.12. The molecule has 0 saturated carbocycles. The minimum absolute atomic E-state index is 0.0560. The highest BCUT2D eigenvalue weighted by Crippen LogP contribution is 2.30. The summed E-state index contributed by atoms with van der Waals surface area (Å²) in [6, 6.07) is 5.46. The zero-order valence-corrected chi connectivity index (χ0v) is 11.6. The van der Waals surface area contributed by atoms with Crippen molar-refractivity contribution in [3.05, 3.63) is 34.0 Å². The SMILES string of the molecule is CC(C)(C)NCc1cc2c(Cl)cc(Cl)cc2o1. The van der Waals surface area contributed by atoms with Crippen molar-refractivity contribution in [1.82, 2.24) is 5.32 Å². The lowest BCUT2D eigenvalue weighted by atomic mass is 10.1. The smallest absolute Gasteiger partial charge is 0.137 e. The summed E-state index contributed by atoms with van der Waals surface area (Å²) < 4.78 is 5.69. The maximum Gasteiger partial charge on any atom is 0.137 e. The predicted molar refractivity (Wildman–Crippen MR) is 72.8 cm³/mol. The molecule has 17 heavy (non-hydrogen) atoms. The Labute approximate surface area is 111 Å². The number of fused-ring (bicyclic) bond motifs is 1. The minimum atomic E-state index is 0.0560. The summed E-state index contributed by atoms with van der Waals surface area (Å²) in [7, 11) is 0. The summed E-state index contributed by atoms with van der Waals surface area (Å²) in [6.07, 6.45) is 0. The Morgan fingerprint density at radius 1 is 1.18 bits per heavy atom. The first-order valence-corrected chi connectivity index (χ1v) is 6.23. The van der Waals surface area contributed by atoms with Crippen LogP contribution in [0.3, 0.4) is 0 Å². The number of nitrogens with one attached hydrogen (secondary N) is 1. The molecule has 0 unspecified atom stereocenters. The van der Waals surface area contributed by atoms with E-state index in [1.807, 2.05) is 6.07 Å². The maximum atomic E-state index is 6.10. The van der Waals surface area contributed by atoms with Crippen LogP contribution in [-0.2, 0) is 6.54 Å². The number of hydrogen-bond acceptors (Lipinski definition) is 2. The van der Waals surface area contributed by atoms with Crippen LogP contribution in [0.1, 0.15) is 26.5 Å². The normalized spacial score (nSPS) is 12.3. The highest BCUT2D eigenvalue weighted by atomic mass is 35.5. The molecule has 1 aromatic carbocycles.